The number of carboxylic acid groups (broad SMARTS) is 1. The van der Waals surface area contributed by atoms with Gasteiger partial charge in [-0.15, -0.1) is 0 Å². The van der Waals surface area contributed by atoms with Crippen molar-refractivity contribution in [3.05, 3.63) is 24.0 Å². The van der Waals surface area contributed by atoms with Gasteiger partial charge in [0.05, 0.1) is 11.3 Å². The van der Waals surface area contributed by atoms with Crippen molar-refractivity contribution in [2.75, 3.05) is 11.2 Å². The maximum Gasteiger partial charge on any atom is 0.321 e. The Hall–Kier alpha value is -1.84. The predicted octanol–water partition coefficient (Wildman–Crippen LogP) is -1.21. The average molecular weight is 273 g/mol. The lowest BCUT2D eigenvalue weighted by atomic mass is 10.2. The highest BCUT2D eigenvalue weighted by Crippen LogP contribution is 2.09. The normalized spacial score (nSPS) is 10.8. The van der Waals surface area contributed by atoms with Gasteiger partial charge in [0, 0.05) is 18.1 Å². The van der Waals surface area contributed by atoms with Crippen molar-refractivity contribution in [2.24, 2.45) is 17.3 Å². The van der Waals surface area contributed by atoms with E-state index in [0.29, 0.717) is 5.69 Å². The number of aliphatic carboxylic acids is 1. The molecule has 0 aliphatic heterocycles. The lowest BCUT2D eigenvalue weighted by Crippen LogP contribution is -2.31. The number of amides is 1. The molecule has 0 aliphatic carbocycles. The molecule has 8 nitrogen and oxygen atoms in total. The standard InChI is InChI=1S/C6H8N4O.C3H7NO2S/c7-6(11)4-3-9-2-1-5(4)10-8;4-2(1-7)3(5)6/h1-3H,8H2,(H2,7,11)(H,9,10);2,7H,1,4H2,(H,5,6)/t;2-/m.0/s1. The van der Waals surface area contributed by atoms with Gasteiger partial charge in [0.1, 0.15) is 6.04 Å². The Balaban J connectivity index is 0.000000360. The number of nitrogens with two attached hydrogens (primary N) is 3. The van der Waals surface area contributed by atoms with Crippen LogP contribution in [0, 0.1) is 0 Å². The second kappa shape index (κ2) is 8.28. The van der Waals surface area contributed by atoms with Crippen LogP contribution in [0.15, 0.2) is 18.5 Å². The van der Waals surface area contributed by atoms with Crippen molar-refractivity contribution in [2.45, 2.75) is 6.04 Å². The first kappa shape index (κ1) is 16.2. The number of carbonyl (C=O) groups is 2. The number of aromatic nitrogens is 1. The van der Waals surface area contributed by atoms with Crippen molar-refractivity contribution in [1.29, 1.82) is 0 Å². The van der Waals surface area contributed by atoms with Crippen molar-refractivity contribution < 1.29 is 14.7 Å². The van der Waals surface area contributed by atoms with E-state index in [9.17, 15) is 9.59 Å². The summed E-state index contributed by atoms with van der Waals surface area (Å²) in [5.41, 5.74) is 13.1. The van der Waals surface area contributed by atoms with E-state index in [1.165, 1.54) is 12.4 Å². The monoisotopic (exact) mass is 273 g/mol. The van der Waals surface area contributed by atoms with Gasteiger partial charge >= 0.3 is 5.97 Å². The number of carboxylic acids is 1. The first-order chi connectivity index (χ1) is 8.43. The third-order valence-electron chi connectivity index (χ3n) is 1.76. The molecular weight excluding hydrogens is 258 g/mol. The third-order valence-corrected chi connectivity index (χ3v) is 2.15. The average Bonchev–Trinajstić information content (AvgIpc) is 2.38. The van der Waals surface area contributed by atoms with Crippen LogP contribution in [0.5, 0.6) is 0 Å². The molecular formula is C9H15N5O3S. The van der Waals surface area contributed by atoms with Crippen molar-refractivity contribution in [3.8, 4) is 0 Å². The highest BCUT2D eigenvalue weighted by molar-refractivity contribution is 7.80. The van der Waals surface area contributed by atoms with E-state index in [-0.39, 0.29) is 11.3 Å². The second-order valence-corrected chi connectivity index (χ2v) is 3.42. The van der Waals surface area contributed by atoms with E-state index < -0.39 is 17.9 Å². The summed E-state index contributed by atoms with van der Waals surface area (Å²) >= 11 is 3.65. The number of pyridine rings is 1. The Morgan fingerprint density at radius 1 is 1.56 bits per heavy atom. The lowest BCUT2D eigenvalue weighted by Gasteiger charge is -2.02. The first-order valence-electron chi connectivity index (χ1n) is 4.73. The number of thiol groups is 1. The summed E-state index contributed by atoms with van der Waals surface area (Å²) < 4.78 is 0. The molecule has 1 aromatic rings. The quantitative estimate of drug-likeness (QED) is 0.228. The Morgan fingerprint density at radius 2 is 2.17 bits per heavy atom. The molecule has 0 spiro atoms. The first-order valence-corrected chi connectivity index (χ1v) is 5.37. The highest BCUT2D eigenvalue weighted by atomic mass is 32.1. The van der Waals surface area contributed by atoms with Crippen molar-refractivity contribution in [3.63, 3.8) is 0 Å². The molecule has 0 saturated carbocycles. The summed E-state index contributed by atoms with van der Waals surface area (Å²) in [5.74, 6) is 3.74. The maximum absolute atomic E-state index is 10.7. The second-order valence-electron chi connectivity index (χ2n) is 3.06. The van der Waals surface area contributed by atoms with Crippen LogP contribution in [-0.4, -0.2) is 33.8 Å². The Labute approximate surface area is 109 Å². The third kappa shape index (κ3) is 5.48. The van der Waals surface area contributed by atoms with E-state index >= 15 is 0 Å². The number of primary amides is 1. The van der Waals surface area contributed by atoms with Crippen LogP contribution in [0.1, 0.15) is 10.4 Å². The number of carbonyl (C=O) groups excluding carboxylic acids is 1. The zero-order valence-electron chi connectivity index (χ0n) is 9.41. The number of nitrogen functional groups attached to an aromatic ring is 1. The number of nitrogens with one attached hydrogen (secondary N) is 1. The van der Waals surface area contributed by atoms with E-state index in [0.717, 1.165) is 0 Å². The fourth-order valence-corrected chi connectivity index (χ4v) is 0.951. The zero-order chi connectivity index (χ0) is 14.1. The number of hydrogen-bond acceptors (Lipinski definition) is 7. The number of hydrogen-bond donors (Lipinski definition) is 6. The highest BCUT2D eigenvalue weighted by Gasteiger charge is 2.06. The summed E-state index contributed by atoms with van der Waals surface area (Å²) in [6, 6.07) is 0.753. The molecule has 18 heavy (non-hydrogen) atoms. The molecule has 0 aromatic carbocycles. The largest absolute Gasteiger partial charge is 0.480 e. The SMILES string of the molecule is NNc1ccncc1C(N)=O.N[C@@H](CS)C(=O)O. The molecule has 9 heteroatoms. The van der Waals surface area contributed by atoms with Crippen LogP contribution in [0.3, 0.4) is 0 Å². The molecule has 0 aliphatic rings. The fourth-order valence-electron chi connectivity index (χ4n) is 0.795. The molecule has 0 saturated heterocycles. The van der Waals surface area contributed by atoms with Gasteiger partial charge < -0.3 is 22.0 Å². The van der Waals surface area contributed by atoms with E-state index in [4.69, 9.17) is 22.4 Å². The molecule has 1 amide bonds. The van der Waals surface area contributed by atoms with Crippen molar-refractivity contribution in [1.82, 2.24) is 4.98 Å². The zero-order valence-corrected chi connectivity index (χ0v) is 10.3. The van der Waals surface area contributed by atoms with Gasteiger partial charge in [0.2, 0.25) is 0 Å². The minimum atomic E-state index is -1.00. The van der Waals surface area contributed by atoms with Crippen LogP contribution in [0.4, 0.5) is 5.69 Å². The molecule has 8 N–H and O–H groups in total. The molecule has 0 radical (unpaired) electrons. The predicted molar refractivity (Wildman–Crippen MR) is 70.0 cm³/mol. The molecule has 1 rings (SSSR count). The van der Waals surface area contributed by atoms with Gasteiger partial charge in [-0.25, -0.2) is 0 Å². The number of rotatable bonds is 4. The molecule has 1 atom stereocenters. The number of nitrogens with zero attached hydrogens (tertiary/aromatic N) is 1. The van der Waals surface area contributed by atoms with Crippen LogP contribution >= 0.6 is 12.6 Å². The minimum Gasteiger partial charge on any atom is -0.480 e. The van der Waals surface area contributed by atoms with Gasteiger partial charge in [-0.3, -0.25) is 20.4 Å². The van der Waals surface area contributed by atoms with Crippen LogP contribution < -0.4 is 22.7 Å². The summed E-state index contributed by atoms with van der Waals surface area (Å²) in [6.45, 7) is 0. The molecule has 1 aromatic heterocycles. The summed E-state index contributed by atoms with van der Waals surface area (Å²) in [7, 11) is 0. The van der Waals surface area contributed by atoms with E-state index in [1.807, 2.05) is 0 Å². The van der Waals surface area contributed by atoms with Gasteiger partial charge in [-0.2, -0.15) is 12.6 Å². The van der Waals surface area contributed by atoms with Crippen LogP contribution in [-0.2, 0) is 4.79 Å². The van der Waals surface area contributed by atoms with Gasteiger partial charge in [-0.1, -0.05) is 0 Å². The fraction of sp³-hybridized carbons (Fsp3) is 0.222. The number of hydrazine groups is 1. The van der Waals surface area contributed by atoms with Gasteiger partial charge in [0.25, 0.3) is 5.91 Å². The molecule has 0 fully saturated rings. The summed E-state index contributed by atoms with van der Waals surface area (Å²) in [5, 5.41) is 8.01. The van der Waals surface area contributed by atoms with Crippen LogP contribution in [0.2, 0.25) is 0 Å². The summed E-state index contributed by atoms with van der Waals surface area (Å²) in [4.78, 5) is 24.1. The molecule has 100 valence electrons. The lowest BCUT2D eigenvalue weighted by molar-refractivity contribution is -0.137. The van der Waals surface area contributed by atoms with Crippen molar-refractivity contribution >= 4 is 30.2 Å². The maximum atomic E-state index is 10.7. The molecule has 0 bridgehead atoms. The minimum absolute atomic E-state index is 0.190. The van der Waals surface area contributed by atoms with E-state index in [2.05, 4.69) is 23.0 Å². The van der Waals surface area contributed by atoms with Crippen LogP contribution in [0.25, 0.3) is 0 Å². The van der Waals surface area contributed by atoms with Gasteiger partial charge in [-0.05, 0) is 6.07 Å². The van der Waals surface area contributed by atoms with Gasteiger partial charge in [0.15, 0.2) is 0 Å². The Morgan fingerprint density at radius 3 is 2.44 bits per heavy atom. The molecule has 1 heterocycles. The van der Waals surface area contributed by atoms with E-state index in [1.54, 1.807) is 6.07 Å². The topological polar surface area (TPSA) is 157 Å². The summed E-state index contributed by atoms with van der Waals surface area (Å²) in [6.07, 6.45) is 2.87. The Bertz CT molecular complexity index is 415. The number of anilines is 1. The molecule has 0 unspecified atom stereocenters. The smallest absolute Gasteiger partial charge is 0.321 e. The Kier molecular flexibility index (Phi) is 7.43.